The molecule has 0 unspecified atom stereocenters. The lowest BCUT2D eigenvalue weighted by Gasteiger charge is -2.08. The Balaban J connectivity index is 1.64. The Labute approximate surface area is 139 Å². The van der Waals surface area contributed by atoms with Crippen molar-refractivity contribution in [1.29, 1.82) is 0 Å². The maximum atomic E-state index is 12.1. The molecule has 5 heteroatoms. The van der Waals surface area contributed by atoms with E-state index in [1.54, 1.807) is 6.07 Å². The number of aryl methyl sites for hydroxylation is 2. The number of hydrogen-bond acceptors (Lipinski definition) is 3. The Morgan fingerprint density at radius 2 is 1.79 bits per heavy atom. The second kappa shape index (κ2) is 7.08. The average molecular weight is 321 g/mol. The Hall–Kier alpha value is -2.95. The second-order valence-electron chi connectivity index (χ2n) is 5.75. The van der Waals surface area contributed by atoms with Crippen molar-refractivity contribution in [3.8, 4) is 0 Å². The van der Waals surface area contributed by atoms with Gasteiger partial charge in [0.05, 0.1) is 17.6 Å². The molecule has 122 valence electrons. The number of aromatic amines is 1. The molecule has 24 heavy (non-hydrogen) atoms. The number of rotatable bonds is 5. The van der Waals surface area contributed by atoms with Gasteiger partial charge in [-0.05, 0) is 30.5 Å². The number of nitrogens with one attached hydrogen (secondary N) is 2. The quantitative estimate of drug-likeness (QED) is 0.758. The van der Waals surface area contributed by atoms with Crippen molar-refractivity contribution >= 4 is 16.7 Å². The van der Waals surface area contributed by atoms with Gasteiger partial charge in [-0.1, -0.05) is 42.5 Å². The molecule has 1 heterocycles. The second-order valence-corrected chi connectivity index (χ2v) is 5.75. The predicted octanol–water partition coefficient (Wildman–Crippen LogP) is 2.48. The molecule has 2 N–H and O–H groups in total. The minimum atomic E-state index is -0.222. The lowest BCUT2D eigenvalue weighted by Crippen LogP contribution is -2.25. The van der Waals surface area contributed by atoms with Gasteiger partial charge in [0, 0.05) is 11.8 Å². The van der Waals surface area contributed by atoms with Gasteiger partial charge in [-0.15, -0.1) is 0 Å². The summed E-state index contributed by atoms with van der Waals surface area (Å²) in [5.74, 6) is -0.0321. The number of amides is 1. The summed E-state index contributed by atoms with van der Waals surface area (Å²) in [7, 11) is 0. The molecule has 1 aromatic heterocycles. The molecule has 0 saturated heterocycles. The molecule has 0 saturated carbocycles. The fraction of sp³-hybridized carbons (Fsp3) is 0.211. The molecule has 0 spiro atoms. The van der Waals surface area contributed by atoms with Crippen LogP contribution >= 0.6 is 0 Å². The van der Waals surface area contributed by atoms with E-state index in [9.17, 15) is 9.59 Å². The molecule has 3 aromatic rings. The van der Waals surface area contributed by atoms with Crippen molar-refractivity contribution in [1.82, 2.24) is 15.5 Å². The summed E-state index contributed by atoms with van der Waals surface area (Å²) in [5, 5.41) is 10.8. The predicted molar refractivity (Wildman–Crippen MR) is 93.7 cm³/mol. The molecule has 5 nitrogen and oxygen atoms in total. The van der Waals surface area contributed by atoms with Gasteiger partial charge in [0.25, 0.3) is 5.56 Å². The van der Waals surface area contributed by atoms with E-state index < -0.39 is 0 Å². The van der Waals surface area contributed by atoms with Crippen LogP contribution in [0.4, 0.5) is 0 Å². The van der Waals surface area contributed by atoms with Crippen molar-refractivity contribution in [2.45, 2.75) is 26.3 Å². The van der Waals surface area contributed by atoms with E-state index in [1.165, 1.54) is 11.1 Å². The van der Waals surface area contributed by atoms with E-state index >= 15 is 0 Å². The van der Waals surface area contributed by atoms with Crippen molar-refractivity contribution in [3.05, 3.63) is 75.7 Å². The van der Waals surface area contributed by atoms with Gasteiger partial charge in [0.15, 0.2) is 0 Å². The monoisotopic (exact) mass is 321 g/mol. The number of nitrogens with zero attached hydrogens (tertiary/aromatic N) is 1. The van der Waals surface area contributed by atoms with Gasteiger partial charge in [-0.3, -0.25) is 9.59 Å². The van der Waals surface area contributed by atoms with Crippen LogP contribution in [0.1, 0.15) is 23.2 Å². The maximum Gasteiger partial charge on any atom is 0.272 e. The van der Waals surface area contributed by atoms with Crippen LogP contribution in [-0.2, 0) is 17.8 Å². The molecule has 0 bridgehead atoms. The highest BCUT2D eigenvalue weighted by Gasteiger charge is 2.08. The van der Waals surface area contributed by atoms with Crippen molar-refractivity contribution in [2.75, 3.05) is 0 Å². The van der Waals surface area contributed by atoms with Gasteiger partial charge in [0.1, 0.15) is 0 Å². The Kier molecular flexibility index (Phi) is 4.70. The molecule has 0 aliphatic heterocycles. The van der Waals surface area contributed by atoms with Crippen LogP contribution in [0.3, 0.4) is 0 Å². The highest BCUT2D eigenvalue weighted by molar-refractivity contribution is 5.84. The number of fused-ring (bicyclic) bond motifs is 1. The van der Waals surface area contributed by atoms with Gasteiger partial charge < -0.3 is 5.32 Å². The first-order valence-corrected chi connectivity index (χ1v) is 7.92. The Morgan fingerprint density at radius 1 is 1.08 bits per heavy atom. The smallest absolute Gasteiger partial charge is 0.272 e. The summed E-state index contributed by atoms with van der Waals surface area (Å²) < 4.78 is 0. The van der Waals surface area contributed by atoms with E-state index in [2.05, 4.69) is 15.5 Å². The van der Waals surface area contributed by atoms with E-state index in [0.717, 1.165) is 5.39 Å². The van der Waals surface area contributed by atoms with Crippen molar-refractivity contribution in [2.24, 2.45) is 0 Å². The Bertz CT molecular complexity index is 931. The summed E-state index contributed by atoms with van der Waals surface area (Å²) in [4.78, 5) is 23.8. The van der Waals surface area contributed by atoms with Gasteiger partial charge in [-0.25, -0.2) is 5.10 Å². The number of carbonyl (C=O) groups is 1. The summed E-state index contributed by atoms with van der Waals surface area (Å²) in [6.45, 7) is 2.34. The molecular formula is C19H19N3O2. The molecular weight excluding hydrogens is 302 g/mol. The van der Waals surface area contributed by atoms with Gasteiger partial charge >= 0.3 is 0 Å². The number of benzene rings is 2. The van der Waals surface area contributed by atoms with Crippen LogP contribution in [0, 0.1) is 6.92 Å². The first kappa shape index (κ1) is 15.9. The fourth-order valence-corrected chi connectivity index (χ4v) is 2.72. The van der Waals surface area contributed by atoms with Crippen LogP contribution in [0.15, 0.2) is 53.3 Å². The summed E-state index contributed by atoms with van der Waals surface area (Å²) in [5.41, 5.74) is 2.81. The topological polar surface area (TPSA) is 74.8 Å². The lowest BCUT2D eigenvalue weighted by molar-refractivity contribution is -0.121. The van der Waals surface area contributed by atoms with Crippen LogP contribution < -0.4 is 10.9 Å². The first-order chi connectivity index (χ1) is 11.6. The zero-order valence-corrected chi connectivity index (χ0v) is 13.5. The third-order valence-corrected chi connectivity index (χ3v) is 4.11. The van der Waals surface area contributed by atoms with E-state index in [1.807, 2.05) is 49.4 Å². The van der Waals surface area contributed by atoms with Crippen molar-refractivity contribution < 1.29 is 4.79 Å². The van der Waals surface area contributed by atoms with Crippen molar-refractivity contribution in [3.63, 3.8) is 0 Å². The minimum absolute atomic E-state index is 0.0321. The molecule has 1 amide bonds. The molecule has 0 aliphatic carbocycles. The molecule has 0 atom stereocenters. The largest absolute Gasteiger partial charge is 0.350 e. The highest BCUT2D eigenvalue weighted by atomic mass is 16.1. The summed E-state index contributed by atoms with van der Waals surface area (Å²) >= 11 is 0. The van der Waals surface area contributed by atoms with Crippen LogP contribution in [0.2, 0.25) is 0 Å². The molecule has 2 aromatic carbocycles. The van der Waals surface area contributed by atoms with E-state index in [4.69, 9.17) is 0 Å². The van der Waals surface area contributed by atoms with Gasteiger partial charge in [0.2, 0.25) is 5.91 Å². The highest BCUT2D eigenvalue weighted by Crippen LogP contribution is 2.12. The number of hydrogen-bond donors (Lipinski definition) is 2. The first-order valence-electron chi connectivity index (χ1n) is 7.92. The SMILES string of the molecule is Cc1ccccc1CCC(=O)NCc1n[nH]c(=O)c2ccccc12. The number of carbonyl (C=O) groups excluding carboxylic acids is 1. The van der Waals surface area contributed by atoms with E-state index in [-0.39, 0.29) is 11.5 Å². The zero-order chi connectivity index (χ0) is 16.9. The third kappa shape index (κ3) is 3.51. The van der Waals surface area contributed by atoms with Crippen LogP contribution in [0.25, 0.3) is 10.8 Å². The Morgan fingerprint density at radius 3 is 2.58 bits per heavy atom. The molecule has 0 aliphatic rings. The summed E-state index contributed by atoms with van der Waals surface area (Å²) in [6, 6.07) is 15.3. The zero-order valence-electron chi connectivity index (χ0n) is 13.5. The number of H-pyrrole nitrogens is 1. The fourth-order valence-electron chi connectivity index (χ4n) is 2.72. The normalized spacial score (nSPS) is 10.7. The van der Waals surface area contributed by atoms with Crippen LogP contribution in [0.5, 0.6) is 0 Å². The summed E-state index contributed by atoms with van der Waals surface area (Å²) in [6.07, 6.45) is 1.13. The average Bonchev–Trinajstić information content (AvgIpc) is 2.61. The lowest BCUT2D eigenvalue weighted by atomic mass is 10.0. The maximum absolute atomic E-state index is 12.1. The standard InChI is InChI=1S/C19H19N3O2/c1-13-6-2-3-7-14(13)10-11-18(23)20-12-17-15-8-4-5-9-16(15)19(24)22-21-17/h2-9H,10-12H2,1H3,(H,20,23)(H,22,24). The molecule has 0 radical (unpaired) electrons. The molecule has 0 fully saturated rings. The third-order valence-electron chi connectivity index (χ3n) is 4.11. The van der Waals surface area contributed by atoms with Gasteiger partial charge in [-0.2, -0.15) is 5.10 Å². The minimum Gasteiger partial charge on any atom is -0.350 e. The van der Waals surface area contributed by atoms with Crippen LogP contribution in [-0.4, -0.2) is 16.1 Å². The van der Waals surface area contributed by atoms with E-state index in [0.29, 0.717) is 30.5 Å². The number of aromatic nitrogens is 2. The molecule has 3 rings (SSSR count).